The summed E-state index contributed by atoms with van der Waals surface area (Å²) in [4.78, 5) is 10.6. The Kier molecular flexibility index (Phi) is 3.33. The van der Waals surface area contributed by atoms with Crippen LogP contribution >= 0.6 is 11.3 Å². The first-order valence-corrected chi connectivity index (χ1v) is 7.54. The molecule has 0 fully saturated rings. The van der Waals surface area contributed by atoms with Gasteiger partial charge in [0.1, 0.15) is 4.88 Å². The molecule has 0 atom stereocenters. The number of nitrogens with one attached hydrogen (secondary N) is 2. The third kappa shape index (κ3) is 2.61. The SMILES string of the molecule is Cc1n[nH]c(C)c1NS(=O)(=O)c1csc(C(=O)O)c1. The summed E-state index contributed by atoms with van der Waals surface area (Å²) in [5.41, 5.74) is 1.49. The number of aromatic nitrogens is 2. The maximum Gasteiger partial charge on any atom is 0.345 e. The highest BCUT2D eigenvalue weighted by molar-refractivity contribution is 7.92. The van der Waals surface area contributed by atoms with Crippen LogP contribution in [0, 0.1) is 13.8 Å². The second-order valence-electron chi connectivity index (χ2n) is 3.87. The quantitative estimate of drug-likeness (QED) is 0.793. The van der Waals surface area contributed by atoms with E-state index in [2.05, 4.69) is 14.9 Å². The molecule has 0 spiro atoms. The molecule has 3 N–H and O–H groups in total. The van der Waals surface area contributed by atoms with Crippen molar-refractivity contribution in [3.63, 3.8) is 0 Å². The Labute approximate surface area is 113 Å². The zero-order chi connectivity index (χ0) is 14.2. The van der Waals surface area contributed by atoms with Gasteiger partial charge in [0.25, 0.3) is 10.0 Å². The highest BCUT2D eigenvalue weighted by Gasteiger charge is 2.21. The number of aromatic carboxylic acids is 1. The number of hydrogen-bond acceptors (Lipinski definition) is 5. The van der Waals surface area contributed by atoms with E-state index in [4.69, 9.17) is 5.11 Å². The zero-order valence-electron chi connectivity index (χ0n) is 10.1. The van der Waals surface area contributed by atoms with E-state index >= 15 is 0 Å². The van der Waals surface area contributed by atoms with Crippen LogP contribution in [0.15, 0.2) is 16.3 Å². The van der Waals surface area contributed by atoms with Crippen LogP contribution in [-0.4, -0.2) is 29.7 Å². The smallest absolute Gasteiger partial charge is 0.345 e. The average Bonchev–Trinajstić information content (AvgIpc) is 2.92. The molecule has 0 bridgehead atoms. The van der Waals surface area contributed by atoms with E-state index < -0.39 is 16.0 Å². The molecule has 7 nitrogen and oxygen atoms in total. The molecule has 0 amide bonds. The summed E-state index contributed by atoms with van der Waals surface area (Å²) in [5, 5.41) is 16.6. The van der Waals surface area contributed by atoms with Crippen molar-refractivity contribution in [3.05, 3.63) is 27.7 Å². The van der Waals surface area contributed by atoms with Crippen LogP contribution in [0.25, 0.3) is 0 Å². The molecule has 2 heterocycles. The number of sulfonamides is 1. The van der Waals surface area contributed by atoms with Crippen molar-refractivity contribution >= 4 is 33.0 Å². The molecule has 0 saturated heterocycles. The van der Waals surface area contributed by atoms with Gasteiger partial charge >= 0.3 is 5.97 Å². The molecule has 0 unspecified atom stereocenters. The normalized spacial score (nSPS) is 11.5. The highest BCUT2D eigenvalue weighted by atomic mass is 32.2. The summed E-state index contributed by atoms with van der Waals surface area (Å²) in [5.74, 6) is -1.15. The molecular weight excluding hydrogens is 290 g/mol. The maximum absolute atomic E-state index is 12.1. The van der Waals surface area contributed by atoms with Gasteiger partial charge in [-0.25, -0.2) is 13.2 Å². The zero-order valence-corrected chi connectivity index (χ0v) is 11.7. The number of thiophene rings is 1. The van der Waals surface area contributed by atoms with E-state index in [0.717, 1.165) is 17.4 Å². The average molecular weight is 301 g/mol. The monoisotopic (exact) mass is 301 g/mol. The van der Waals surface area contributed by atoms with Crippen molar-refractivity contribution in [2.45, 2.75) is 18.7 Å². The van der Waals surface area contributed by atoms with Gasteiger partial charge in [0.2, 0.25) is 0 Å². The van der Waals surface area contributed by atoms with Gasteiger partial charge in [-0.1, -0.05) is 0 Å². The molecular formula is C10H11N3O4S2. The first kappa shape index (κ1) is 13.6. The van der Waals surface area contributed by atoms with Crippen molar-refractivity contribution < 1.29 is 18.3 Å². The Hall–Kier alpha value is -1.87. The van der Waals surface area contributed by atoms with Crippen LogP contribution in [0.4, 0.5) is 5.69 Å². The van der Waals surface area contributed by atoms with Crippen LogP contribution in [0.2, 0.25) is 0 Å². The van der Waals surface area contributed by atoms with Crippen molar-refractivity contribution in [2.75, 3.05) is 4.72 Å². The predicted molar refractivity (Wildman–Crippen MR) is 70.1 cm³/mol. The van der Waals surface area contributed by atoms with Crippen molar-refractivity contribution in [1.82, 2.24) is 10.2 Å². The molecule has 0 saturated carbocycles. The maximum atomic E-state index is 12.1. The summed E-state index contributed by atoms with van der Waals surface area (Å²) in [6.45, 7) is 3.35. The van der Waals surface area contributed by atoms with Gasteiger partial charge in [0, 0.05) is 5.38 Å². The number of carboxylic acid groups (broad SMARTS) is 1. The summed E-state index contributed by atoms with van der Waals surface area (Å²) < 4.78 is 26.6. The Bertz CT molecular complexity index is 710. The van der Waals surface area contributed by atoms with E-state index in [1.54, 1.807) is 13.8 Å². The van der Waals surface area contributed by atoms with Gasteiger partial charge in [0.05, 0.1) is 22.0 Å². The molecule has 2 aromatic heterocycles. The number of carboxylic acids is 1. The highest BCUT2D eigenvalue weighted by Crippen LogP contribution is 2.24. The lowest BCUT2D eigenvalue weighted by Gasteiger charge is -2.05. The largest absolute Gasteiger partial charge is 0.477 e. The number of anilines is 1. The van der Waals surface area contributed by atoms with Crippen molar-refractivity contribution in [1.29, 1.82) is 0 Å². The molecule has 9 heteroatoms. The van der Waals surface area contributed by atoms with Gasteiger partial charge in [-0.15, -0.1) is 11.3 Å². The van der Waals surface area contributed by atoms with E-state index in [0.29, 0.717) is 17.1 Å². The Morgan fingerprint density at radius 2 is 2.16 bits per heavy atom. The van der Waals surface area contributed by atoms with Crippen LogP contribution in [0.1, 0.15) is 21.1 Å². The third-order valence-electron chi connectivity index (χ3n) is 2.46. The number of hydrogen-bond donors (Lipinski definition) is 3. The number of nitrogens with zero attached hydrogens (tertiary/aromatic N) is 1. The number of carbonyl (C=O) groups is 1. The first-order valence-electron chi connectivity index (χ1n) is 5.17. The van der Waals surface area contributed by atoms with Crippen LogP contribution < -0.4 is 4.72 Å². The van der Waals surface area contributed by atoms with Gasteiger partial charge in [-0.3, -0.25) is 9.82 Å². The minimum atomic E-state index is -3.80. The summed E-state index contributed by atoms with van der Waals surface area (Å²) in [6, 6.07) is 1.13. The molecule has 0 radical (unpaired) electrons. The number of rotatable bonds is 4. The predicted octanol–water partition coefficient (Wildman–Crippen LogP) is 1.59. The Balaban J connectivity index is 2.35. The summed E-state index contributed by atoms with van der Waals surface area (Å²) in [7, 11) is -3.80. The van der Waals surface area contributed by atoms with Crippen LogP contribution in [0.3, 0.4) is 0 Å². The second-order valence-corrected chi connectivity index (χ2v) is 6.46. The second kappa shape index (κ2) is 4.67. The molecule has 0 aliphatic rings. The van der Waals surface area contributed by atoms with Gasteiger partial charge in [-0.05, 0) is 19.9 Å². The minimum Gasteiger partial charge on any atom is -0.477 e. The molecule has 2 aromatic rings. The van der Waals surface area contributed by atoms with Crippen molar-refractivity contribution in [2.24, 2.45) is 0 Å². The fourth-order valence-electron chi connectivity index (χ4n) is 1.47. The van der Waals surface area contributed by atoms with E-state index in [1.165, 1.54) is 5.38 Å². The summed E-state index contributed by atoms with van der Waals surface area (Å²) >= 11 is 0.863. The number of H-pyrrole nitrogens is 1. The molecule has 0 aliphatic heterocycles. The molecule has 19 heavy (non-hydrogen) atoms. The van der Waals surface area contributed by atoms with Crippen LogP contribution in [-0.2, 0) is 10.0 Å². The number of aryl methyl sites for hydroxylation is 2. The Morgan fingerprint density at radius 1 is 1.47 bits per heavy atom. The fourth-order valence-corrected chi connectivity index (χ4v) is 3.76. The lowest BCUT2D eigenvalue weighted by atomic mass is 10.3. The summed E-state index contributed by atoms with van der Waals surface area (Å²) in [6.07, 6.45) is 0. The van der Waals surface area contributed by atoms with E-state index in [1.807, 2.05) is 0 Å². The first-order chi connectivity index (χ1) is 8.81. The van der Waals surface area contributed by atoms with Gasteiger partial charge in [0.15, 0.2) is 0 Å². The topological polar surface area (TPSA) is 112 Å². The van der Waals surface area contributed by atoms with Crippen LogP contribution in [0.5, 0.6) is 0 Å². The Morgan fingerprint density at radius 3 is 2.63 bits per heavy atom. The molecule has 102 valence electrons. The minimum absolute atomic E-state index is 0.0268. The van der Waals surface area contributed by atoms with E-state index in [-0.39, 0.29) is 9.77 Å². The fraction of sp³-hybridized carbons (Fsp3) is 0.200. The van der Waals surface area contributed by atoms with Gasteiger partial charge < -0.3 is 5.11 Å². The lowest BCUT2D eigenvalue weighted by Crippen LogP contribution is -2.13. The van der Waals surface area contributed by atoms with Crippen molar-refractivity contribution in [3.8, 4) is 0 Å². The van der Waals surface area contributed by atoms with E-state index in [9.17, 15) is 13.2 Å². The third-order valence-corrected chi connectivity index (χ3v) is 4.86. The number of aromatic amines is 1. The molecule has 0 aromatic carbocycles. The standard InChI is InChI=1S/C10H11N3O4S2/c1-5-9(6(2)12-11-5)13-19(16,17)7-3-8(10(14)15)18-4-7/h3-4,13H,1-2H3,(H,11,12)(H,14,15). The molecule has 0 aliphatic carbocycles. The lowest BCUT2D eigenvalue weighted by molar-refractivity contribution is 0.0702. The van der Waals surface area contributed by atoms with Gasteiger partial charge in [-0.2, -0.15) is 5.10 Å². The molecule has 2 rings (SSSR count).